The zero-order valence-corrected chi connectivity index (χ0v) is 13.0. The van der Waals surface area contributed by atoms with E-state index in [2.05, 4.69) is 20.9 Å². The summed E-state index contributed by atoms with van der Waals surface area (Å²) >= 11 is 4.97. The highest BCUT2D eigenvalue weighted by molar-refractivity contribution is 9.10. The van der Waals surface area contributed by atoms with Gasteiger partial charge in [-0.25, -0.2) is 4.98 Å². The van der Waals surface area contributed by atoms with Crippen LogP contribution in [0.15, 0.2) is 50.9 Å². The standard InChI is InChI=1S/C14H14BrNO2S/c1-9(17)13-11(18-2)6-3-7-12(13)19-14-10(15)5-4-8-16-14/h3-9,17H,1-2H3. The van der Waals surface area contributed by atoms with E-state index in [0.29, 0.717) is 5.75 Å². The van der Waals surface area contributed by atoms with E-state index in [9.17, 15) is 5.11 Å². The molecule has 0 spiro atoms. The molecular weight excluding hydrogens is 326 g/mol. The Hall–Kier alpha value is -1.04. The summed E-state index contributed by atoms with van der Waals surface area (Å²) in [5.41, 5.74) is 0.785. The van der Waals surface area contributed by atoms with E-state index in [1.807, 2.05) is 30.3 Å². The molecule has 0 radical (unpaired) electrons. The lowest BCUT2D eigenvalue weighted by atomic mass is 10.1. The number of halogens is 1. The van der Waals surface area contributed by atoms with Crippen LogP contribution in [0.4, 0.5) is 0 Å². The Labute approximate surface area is 125 Å². The van der Waals surface area contributed by atoms with Crippen LogP contribution in [0, 0.1) is 0 Å². The fraction of sp³-hybridized carbons (Fsp3) is 0.214. The molecule has 0 saturated heterocycles. The van der Waals surface area contributed by atoms with Crippen LogP contribution >= 0.6 is 27.7 Å². The molecule has 5 heteroatoms. The minimum atomic E-state index is -0.596. The fourth-order valence-corrected chi connectivity index (χ4v) is 3.27. The number of methoxy groups -OCH3 is 1. The van der Waals surface area contributed by atoms with E-state index in [4.69, 9.17) is 4.74 Å². The van der Waals surface area contributed by atoms with Crippen molar-refractivity contribution < 1.29 is 9.84 Å². The van der Waals surface area contributed by atoms with Gasteiger partial charge in [-0.05, 0) is 47.1 Å². The minimum Gasteiger partial charge on any atom is -0.496 e. The van der Waals surface area contributed by atoms with E-state index < -0.39 is 6.10 Å². The van der Waals surface area contributed by atoms with E-state index in [0.717, 1.165) is 20.0 Å². The van der Waals surface area contributed by atoms with E-state index in [1.165, 1.54) is 11.8 Å². The number of benzene rings is 1. The normalized spacial score (nSPS) is 12.2. The first-order chi connectivity index (χ1) is 9.13. The first kappa shape index (κ1) is 14.4. The monoisotopic (exact) mass is 339 g/mol. The molecule has 0 saturated carbocycles. The number of pyridine rings is 1. The summed E-state index contributed by atoms with van der Waals surface area (Å²) in [6.07, 6.45) is 1.15. The Balaban J connectivity index is 2.43. The maximum atomic E-state index is 9.94. The van der Waals surface area contributed by atoms with Crippen molar-refractivity contribution in [1.29, 1.82) is 0 Å². The van der Waals surface area contributed by atoms with Crippen molar-refractivity contribution in [3.8, 4) is 5.75 Å². The van der Waals surface area contributed by atoms with Crippen LogP contribution in [-0.2, 0) is 0 Å². The Morgan fingerprint density at radius 2 is 2.11 bits per heavy atom. The van der Waals surface area contributed by atoms with Crippen LogP contribution in [0.3, 0.4) is 0 Å². The number of aliphatic hydroxyl groups excluding tert-OH is 1. The van der Waals surface area contributed by atoms with Crippen molar-refractivity contribution in [3.05, 3.63) is 46.6 Å². The van der Waals surface area contributed by atoms with Crippen molar-refractivity contribution in [1.82, 2.24) is 4.98 Å². The van der Waals surface area contributed by atoms with Crippen molar-refractivity contribution in [2.45, 2.75) is 22.9 Å². The van der Waals surface area contributed by atoms with E-state index in [1.54, 1.807) is 20.2 Å². The molecule has 1 aromatic carbocycles. The third-order valence-corrected chi connectivity index (χ3v) is 4.59. The van der Waals surface area contributed by atoms with Gasteiger partial charge in [-0.15, -0.1) is 0 Å². The highest BCUT2D eigenvalue weighted by Crippen LogP contribution is 2.39. The highest BCUT2D eigenvalue weighted by Gasteiger charge is 2.16. The first-order valence-electron chi connectivity index (χ1n) is 5.76. The van der Waals surface area contributed by atoms with E-state index in [-0.39, 0.29) is 0 Å². The molecule has 100 valence electrons. The lowest BCUT2D eigenvalue weighted by Crippen LogP contribution is -1.99. The first-order valence-corrected chi connectivity index (χ1v) is 7.37. The van der Waals surface area contributed by atoms with Crippen molar-refractivity contribution in [2.24, 2.45) is 0 Å². The van der Waals surface area contributed by atoms with Gasteiger partial charge in [0.2, 0.25) is 0 Å². The molecule has 0 fully saturated rings. The van der Waals surface area contributed by atoms with Crippen molar-refractivity contribution in [2.75, 3.05) is 7.11 Å². The van der Waals surface area contributed by atoms with Gasteiger partial charge in [0.15, 0.2) is 0 Å². The lowest BCUT2D eigenvalue weighted by Gasteiger charge is -2.15. The summed E-state index contributed by atoms with van der Waals surface area (Å²) in [4.78, 5) is 5.26. The summed E-state index contributed by atoms with van der Waals surface area (Å²) in [6, 6.07) is 9.52. The topological polar surface area (TPSA) is 42.4 Å². The highest BCUT2D eigenvalue weighted by atomic mass is 79.9. The van der Waals surface area contributed by atoms with Gasteiger partial charge in [0.25, 0.3) is 0 Å². The molecule has 0 bridgehead atoms. The molecule has 0 amide bonds. The number of aromatic nitrogens is 1. The second-order valence-corrected chi connectivity index (χ2v) is 5.83. The Kier molecular flexibility index (Phi) is 4.85. The molecule has 1 N–H and O–H groups in total. The largest absolute Gasteiger partial charge is 0.496 e. The molecule has 0 aliphatic rings. The van der Waals surface area contributed by atoms with Gasteiger partial charge < -0.3 is 9.84 Å². The lowest BCUT2D eigenvalue weighted by molar-refractivity contribution is 0.191. The summed E-state index contributed by atoms with van der Waals surface area (Å²) in [5.74, 6) is 0.687. The Morgan fingerprint density at radius 3 is 2.74 bits per heavy atom. The van der Waals surface area contributed by atoms with Crippen LogP contribution in [-0.4, -0.2) is 17.2 Å². The van der Waals surface area contributed by atoms with Crippen LogP contribution < -0.4 is 4.74 Å². The number of hydrogen-bond acceptors (Lipinski definition) is 4. The van der Waals surface area contributed by atoms with Gasteiger partial charge in [-0.2, -0.15) is 0 Å². The molecule has 1 aromatic heterocycles. The average molecular weight is 340 g/mol. The van der Waals surface area contributed by atoms with Gasteiger partial charge in [-0.3, -0.25) is 0 Å². The number of hydrogen-bond donors (Lipinski definition) is 1. The second-order valence-electron chi connectivity index (χ2n) is 3.94. The molecule has 19 heavy (non-hydrogen) atoms. The fourth-order valence-electron chi connectivity index (χ4n) is 1.75. The number of ether oxygens (including phenoxy) is 1. The summed E-state index contributed by atoms with van der Waals surface area (Å²) in [5, 5.41) is 10.8. The molecule has 3 nitrogen and oxygen atoms in total. The molecule has 2 aromatic rings. The molecule has 1 heterocycles. The van der Waals surface area contributed by atoms with Crippen molar-refractivity contribution >= 4 is 27.7 Å². The van der Waals surface area contributed by atoms with Crippen LogP contribution in [0.25, 0.3) is 0 Å². The predicted octanol–water partition coefficient (Wildman–Crippen LogP) is 4.06. The van der Waals surface area contributed by atoms with Gasteiger partial charge in [0.05, 0.1) is 17.7 Å². The third kappa shape index (κ3) is 3.29. The summed E-state index contributed by atoms with van der Waals surface area (Å²) < 4.78 is 6.24. The number of nitrogens with zero attached hydrogens (tertiary/aromatic N) is 1. The van der Waals surface area contributed by atoms with Gasteiger partial charge in [-0.1, -0.05) is 17.8 Å². The summed E-state index contributed by atoms with van der Waals surface area (Å²) in [6.45, 7) is 1.73. The predicted molar refractivity (Wildman–Crippen MR) is 79.7 cm³/mol. The molecule has 0 aliphatic heterocycles. The van der Waals surface area contributed by atoms with Gasteiger partial charge in [0.1, 0.15) is 10.8 Å². The second kappa shape index (κ2) is 6.41. The minimum absolute atomic E-state index is 0.596. The maximum absolute atomic E-state index is 9.94. The molecule has 0 aliphatic carbocycles. The zero-order chi connectivity index (χ0) is 13.8. The SMILES string of the molecule is COc1cccc(Sc2ncccc2Br)c1C(C)O. The smallest absolute Gasteiger partial charge is 0.125 e. The zero-order valence-electron chi connectivity index (χ0n) is 10.6. The number of rotatable bonds is 4. The Bertz CT molecular complexity index is 575. The van der Waals surface area contributed by atoms with Crippen LogP contribution in [0.5, 0.6) is 5.75 Å². The van der Waals surface area contributed by atoms with Crippen molar-refractivity contribution in [3.63, 3.8) is 0 Å². The Morgan fingerprint density at radius 1 is 1.32 bits per heavy atom. The average Bonchev–Trinajstić information content (AvgIpc) is 2.40. The van der Waals surface area contributed by atoms with E-state index >= 15 is 0 Å². The van der Waals surface area contributed by atoms with Crippen LogP contribution in [0.1, 0.15) is 18.6 Å². The molecular formula is C14H14BrNO2S. The van der Waals surface area contributed by atoms with Gasteiger partial charge in [0, 0.05) is 16.7 Å². The molecule has 1 unspecified atom stereocenters. The third-order valence-electron chi connectivity index (χ3n) is 2.60. The summed E-state index contributed by atoms with van der Waals surface area (Å²) in [7, 11) is 1.60. The van der Waals surface area contributed by atoms with Crippen LogP contribution in [0.2, 0.25) is 0 Å². The maximum Gasteiger partial charge on any atom is 0.125 e. The number of aliphatic hydroxyl groups is 1. The quantitative estimate of drug-likeness (QED) is 0.912. The molecule has 1 atom stereocenters. The van der Waals surface area contributed by atoms with Gasteiger partial charge >= 0.3 is 0 Å². The molecule has 2 rings (SSSR count).